The van der Waals surface area contributed by atoms with Gasteiger partial charge in [-0.1, -0.05) is 28.1 Å². The van der Waals surface area contributed by atoms with Crippen molar-refractivity contribution in [1.29, 1.82) is 0 Å². The molecule has 1 aromatic carbocycles. The topological polar surface area (TPSA) is 53.4 Å². The molecule has 1 amide bonds. The first-order valence-corrected chi connectivity index (χ1v) is 6.06. The highest BCUT2D eigenvalue weighted by Crippen LogP contribution is 2.22. The second kappa shape index (κ2) is 5.18. The van der Waals surface area contributed by atoms with Crippen LogP contribution in [0.3, 0.4) is 0 Å². The van der Waals surface area contributed by atoms with Crippen LogP contribution in [0.25, 0.3) is 11.1 Å². The molecule has 0 atom stereocenters. The first-order chi connectivity index (χ1) is 8.58. The standard InChI is InChI=1S/C13H11BrN2O2/c1-16(13(17)18)12-7-4-10(8-15-12)9-2-5-11(14)6-3-9/h2-8H,1H3,(H,17,18). The van der Waals surface area contributed by atoms with Crippen molar-refractivity contribution in [2.45, 2.75) is 0 Å². The van der Waals surface area contributed by atoms with Crippen molar-refractivity contribution in [3.63, 3.8) is 0 Å². The molecule has 0 radical (unpaired) electrons. The number of pyridine rings is 1. The molecule has 0 aliphatic heterocycles. The van der Waals surface area contributed by atoms with Gasteiger partial charge >= 0.3 is 6.09 Å². The van der Waals surface area contributed by atoms with Crippen LogP contribution in [0, 0.1) is 0 Å². The molecule has 5 heteroatoms. The van der Waals surface area contributed by atoms with E-state index in [0.29, 0.717) is 5.82 Å². The van der Waals surface area contributed by atoms with Crippen LogP contribution >= 0.6 is 15.9 Å². The van der Waals surface area contributed by atoms with Gasteiger partial charge in [-0.3, -0.25) is 4.90 Å². The predicted molar refractivity (Wildman–Crippen MR) is 73.8 cm³/mol. The van der Waals surface area contributed by atoms with E-state index in [9.17, 15) is 4.79 Å². The van der Waals surface area contributed by atoms with E-state index in [2.05, 4.69) is 20.9 Å². The van der Waals surface area contributed by atoms with Crippen molar-refractivity contribution in [1.82, 2.24) is 4.98 Å². The summed E-state index contributed by atoms with van der Waals surface area (Å²) in [7, 11) is 1.46. The third-order valence-electron chi connectivity index (χ3n) is 2.56. The van der Waals surface area contributed by atoms with Gasteiger partial charge in [0.1, 0.15) is 5.82 Å². The molecule has 2 aromatic rings. The van der Waals surface area contributed by atoms with Gasteiger partial charge in [0, 0.05) is 23.3 Å². The van der Waals surface area contributed by atoms with E-state index in [0.717, 1.165) is 20.5 Å². The van der Waals surface area contributed by atoms with Crippen molar-refractivity contribution in [2.24, 2.45) is 0 Å². The fraction of sp³-hybridized carbons (Fsp3) is 0.0769. The van der Waals surface area contributed by atoms with Crippen molar-refractivity contribution >= 4 is 27.8 Å². The minimum atomic E-state index is -1.03. The maximum atomic E-state index is 10.8. The monoisotopic (exact) mass is 306 g/mol. The largest absolute Gasteiger partial charge is 0.465 e. The minimum Gasteiger partial charge on any atom is -0.465 e. The molecular weight excluding hydrogens is 296 g/mol. The van der Waals surface area contributed by atoms with Crippen LogP contribution in [0.2, 0.25) is 0 Å². The SMILES string of the molecule is CN(C(=O)O)c1ccc(-c2ccc(Br)cc2)cn1. The number of hydrogen-bond donors (Lipinski definition) is 1. The average molecular weight is 307 g/mol. The summed E-state index contributed by atoms with van der Waals surface area (Å²) in [5.41, 5.74) is 1.99. The molecule has 4 nitrogen and oxygen atoms in total. The molecular formula is C13H11BrN2O2. The summed E-state index contributed by atoms with van der Waals surface area (Å²) in [5.74, 6) is 0.406. The quantitative estimate of drug-likeness (QED) is 0.922. The molecule has 0 aliphatic carbocycles. The van der Waals surface area contributed by atoms with E-state index in [1.807, 2.05) is 30.3 Å². The van der Waals surface area contributed by atoms with Gasteiger partial charge in [-0.15, -0.1) is 0 Å². The molecule has 1 aromatic heterocycles. The predicted octanol–water partition coefficient (Wildman–Crippen LogP) is 3.63. The number of carbonyl (C=O) groups is 1. The summed E-state index contributed by atoms with van der Waals surface area (Å²) < 4.78 is 1.02. The van der Waals surface area contributed by atoms with E-state index in [1.54, 1.807) is 12.3 Å². The Balaban J connectivity index is 2.27. The van der Waals surface area contributed by atoms with E-state index in [-0.39, 0.29) is 0 Å². The van der Waals surface area contributed by atoms with Crippen LogP contribution in [0.4, 0.5) is 10.6 Å². The summed E-state index contributed by atoms with van der Waals surface area (Å²) in [6.07, 6.45) is 0.636. The zero-order chi connectivity index (χ0) is 13.1. The number of amides is 1. The minimum absolute atomic E-state index is 0.406. The zero-order valence-electron chi connectivity index (χ0n) is 9.67. The van der Waals surface area contributed by atoms with Crippen LogP contribution in [0.15, 0.2) is 47.1 Å². The number of anilines is 1. The van der Waals surface area contributed by atoms with Gasteiger partial charge in [0.15, 0.2) is 0 Å². The van der Waals surface area contributed by atoms with E-state index < -0.39 is 6.09 Å². The number of halogens is 1. The van der Waals surface area contributed by atoms with Crippen molar-refractivity contribution in [3.05, 3.63) is 47.1 Å². The number of rotatable bonds is 2. The van der Waals surface area contributed by atoms with Crippen molar-refractivity contribution in [3.8, 4) is 11.1 Å². The molecule has 1 heterocycles. The van der Waals surface area contributed by atoms with E-state index in [1.165, 1.54) is 7.05 Å². The third-order valence-corrected chi connectivity index (χ3v) is 3.08. The molecule has 0 saturated carbocycles. The lowest BCUT2D eigenvalue weighted by atomic mass is 10.1. The average Bonchev–Trinajstić information content (AvgIpc) is 2.39. The van der Waals surface area contributed by atoms with Crippen LogP contribution < -0.4 is 4.90 Å². The Bertz CT molecular complexity index is 552. The van der Waals surface area contributed by atoms with Gasteiger partial charge in [0.25, 0.3) is 0 Å². The van der Waals surface area contributed by atoms with Gasteiger partial charge in [-0.05, 0) is 29.8 Å². The van der Waals surface area contributed by atoms with Crippen molar-refractivity contribution < 1.29 is 9.90 Å². The molecule has 18 heavy (non-hydrogen) atoms. The lowest BCUT2D eigenvalue weighted by Crippen LogP contribution is -2.24. The lowest BCUT2D eigenvalue weighted by Gasteiger charge is -2.12. The Kier molecular flexibility index (Phi) is 3.62. The fourth-order valence-corrected chi connectivity index (χ4v) is 1.76. The van der Waals surface area contributed by atoms with Gasteiger partial charge in [0.05, 0.1) is 0 Å². The van der Waals surface area contributed by atoms with Crippen LogP contribution in [-0.4, -0.2) is 23.2 Å². The molecule has 0 bridgehead atoms. The summed E-state index contributed by atoms with van der Waals surface area (Å²) in [6, 6.07) is 11.4. The van der Waals surface area contributed by atoms with Crippen molar-refractivity contribution in [2.75, 3.05) is 11.9 Å². The summed E-state index contributed by atoms with van der Waals surface area (Å²) >= 11 is 3.38. The zero-order valence-corrected chi connectivity index (χ0v) is 11.3. The third kappa shape index (κ3) is 2.68. The second-order valence-electron chi connectivity index (χ2n) is 3.75. The first-order valence-electron chi connectivity index (χ1n) is 5.26. The molecule has 0 unspecified atom stereocenters. The normalized spacial score (nSPS) is 10.1. The summed E-state index contributed by atoms with van der Waals surface area (Å²) in [4.78, 5) is 16.0. The Labute approximate surface area is 113 Å². The molecule has 1 N–H and O–H groups in total. The summed E-state index contributed by atoms with van der Waals surface area (Å²) in [6.45, 7) is 0. The van der Waals surface area contributed by atoms with Gasteiger partial charge < -0.3 is 5.11 Å². The Morgan fingerprint density at radius 1 is 1.17 bits per heavy atom. The van der Waals surface area contributed by atoms with Gasteiger partial charge in [0.2, 0.25) is 0 Å². The molecule has 92 valence electrons. The number of hydrogen-bond acceptors (Lipinski definition) is 2. The van der Waals surface area contributed by atoms with Gasteiger partial charge in [-0.2, -0.15) is 0 Å². The number of nitrogens with zero attached hydrogens (tertiary/aromatic N) is 2. The molecule has 0 saturated heterocycles. The molecule has 2 rings (SSSR count). The van der Waals surface area contributed by atoms with Crippen LogP contribution in [0.1, 0.15) is 0 Å². The summed E-state index contributed by atoms with van der Waals surface area (Å²) in [5, 5.41) is 8.83. The number of aromatic nitrogens is 1. The number of benzene rings is 1. The first kappa shape index (κ1) is 12.6. The molecule has 0 fully saturated rings. The number of carboxylic acid groups (broad SMARTS) is 1. The van der Waals surface area contributed by atoms with Gasteiger partial charge in [-0.25, -0.2) is 9.78 Å². The van der Waals surface area contributed by atoms with E-state index in [4.69, 9.17) is 5.11 Å². The highest BCUT2D eigenvalue weighted by molar-refractivity contribution is 9.10. The highest BCUT2D eigenvalue weighted by Gasteiger charge is 2.09. The second-order valence-corrected chi connectivity index (χ2v) is 4.67. The highest BCUT2D eigenvalue weighted by atomic mass is 79.9. The maximum absolute atomic E-state index is 10.8. The Morgan fingerprint density at radius 3 is 2.28 bits per heavy atom. The molecule has 0 aliphatic rings. The smallest absolute Gasteiger partial charge is 0.412 e. The Hall–Kier alpha value is -1.88. The van der Waals surface area contributed by atoms with E-state index >= 15 is 0 Å². The molecule has 0 spiro atoms. The lowest BCUT2D eigenvalue weighted by molar-refractivity contribution is 0.203. The maximum Gasteiger partial charge on any atom is 0.412 e. The van der Waals surface area contributed by atoms with Crippen LogP contribution in [-0.2, 0) is 0 Å². The Morgan fingerprint density at radius 2 is 1.78 bits per heavy atom. The van der Waals surface area contributed by atoms with Crippen LogP contribution in [0.5, 0.6) is 0 Å². The fourth-order valence-electron chi connectivity index (χ4n) is 1.50.